The minimum atomic E-state index is -4.98. The molecule has 0 saturated carbocycles. The zero-order valence-corrected chi connectivity index (χ0v) is 62.1. The molecule has 0 saturated heterocycles. The van der Waals surface area contributed by atoms with Gasteiger partial charge in [-0.15, -0.1) is 0 Å². The number of carbonyl (C=O) groups is 4. The zero-order valence-electron chi connectivity index (χ0n) is 60.3. The fraction of sp³-hybridized carbons (Fsp3) is 0.740. The molecule has 96 heavy (non-hydrogen) atoms. The Morgan fingerprint density at radius 2 is 0.542 bits per heavy atom. The molecule has 17 nitrogen and oxygen atoms in total. The van der Waals surface area contributed by atoms with Gasteiger partial charge in [-0.3, -0.25) is 37.3 Å². The fourth-order valence-electron chi connectivity index (χ4n) is 9.87. The molecule has 0 radical (unpaired) electrons. The van der Waals surface area contributed by atoms with Crippen LogP contribution in [0, 0.1) is 0 Å². The van der Waals surface area contributed by atoms with Crippen molar-refractivity contribution in [2.75, 3.05) is 39.6 Å². The number of phosphoric acid groups is 2. The van der Waals surface area contributed by atoms with E-state index in [0.29, 0.717) is 25.7 Å². The fourth-order valence-corrected chi connectivity index (χ4v) is 11.4. The summed E-state index contributed by atoms with van der Waals surface area (Å²) in [4.78, 5) is 72.7. The number of hydrogen-bond donors (Lipinski definition) is 3. The first-order valence-corrected chi connectivity index (χ1v) is 40.5. The van der Waals surface area contributed by atoms with E-state index in [1.165, 1.54) is 64.2 Å². The standard InChI is InChI=1S/C77H134O17P2/c1-5-9-13-17-21-25-29-32-34-35-37-40-43-46-50-54-58-62-75(80)88-68-73(94-77(82)64-60-56-52-48-44-38-31-27-23-19-15-11-7-3)70-92-96(85,86)90-66-71(78)65-89-95(83,84)91-69-72(93-76(81)63-59-55-51-47-41-28-24-20-16-12-8-4)67-87-74(79)61-57-53-49-45-42-39-36-33-30-26-22-18-14-10-6-2/h9-10,13-14,21-22,25-27,31-34,36,42,45,71-73,78H,5-8,11-12,15-20,23-24,28-30,35,37-41,43-44,46-70H2,1-4H3,(H,83,84)(H,85,86)/b13-9-,14-10-,25-21-,26-22-,31-27-,34-32-,36-33-,45-42-. The number of unbranched alkanes of at least 4 members (excludes halogenated alkanes) is 28. The quantitative estimate of drug-likeness (QED) is 0.0169. The number of hydrogen-bond acceptors (Lipinski definition) is 15. The molecule has 0 aliphatic heterocycles. The van der Waals surface area contributed by atoms with Gasteiger partial charge in [-0.1, -0.05) is 260 Å². The molecule has 0 fully saturated rings. The summed E-state index contributed by atoms with van der Waals surface area (Å²) in [7, 11) is -9.95. The minimum absolute atomic E-state index is 0.0824. The van der Waals surface area contributed by atoms with Gasteiger partial charge < -0.3 is 33.8 Å². The van der Waals surface area contributed by atoms with Crippen molar-refractivity contribution in [2.45, 2.75) is 329 Å². The van der Waals surface area contributed by atoms with Crippen LogP contribution < -0.4 is 0 Å². The first-order chi connectivity index (χ1) is 46.7. The summed E-state index contributed by atoms with van der Waals surface area (Å²) in [6.07, 6.45) is 71.2. The van der Waals surface area contributed by atoms with Gasteiger partial charge >= 0.3 is 39.5 Å². The van der Waals surface area contributed by atoms with Crippen molar-refractivity contribution in [3.63, 3.8) is 0 Å². The summed E-state index contributed by atoms with van der Waals surface area (Å²) >= 11 is 0. The van der Waals surface area contributed by atoms with Gasteiger partial charge in [0, 0.05) is 25.7 Å². The van der Waals surface area contributed by atoms with Crippen LogP contribution in [0.15, 0.2) is 97.2 Å². The predicted octanol–water partition coefficient (Wildman–Crippen LogP) is 21.2. The van der Waals surface area contributed by atoms with E-state index in [2.05, 4.69) is 125 Å². The third kappa shape index (κ3) is 68.5. The predicted molar refractivity (Wildman–Crippen MR) is 390 cm³/mol. The lowest BCUT2D eigenvalue weighted by atomic mass is 10.1. The Morgan fingerprint density at radius 1 is 0.302 bits per heavy atom. The maximum absolute atomic E-state index is 13.1. The monoisotopic (exact) mass is 1390 g/mol. The van der Waals surface area contributed by atoms with E-state index in [9.17, 15) is 43.2 Å². The zero-order chi connectivity index (χ0) is 70.4. The summed E-state index contributed by atoms with van der Waals surface area (Å²) in [5, 5.41) is 10.6. The molecule has 0 aromatic carbocycles. The van der Waals surface area contributed by atoms with Crippen LogP contribution in [0.2, 0.25) is 0 Å². The lowest BCUT2D eigenvalue weighted by Gasteiger charge is -2.21. The van der Waals surface area contributed by atoms with Crippen molar-refractivity contribution in [3.05, 3.63) is 97.2 Å². The SMILES string of the molecule is CC/C=C\C/C=C\C/C=C\C/C=C\CCCCC(=O)OCC(COP(=O)(O)OCC(O)COP(=O)(O)OCC(COC(=O)CCCCCCCCC/C=C\C/C=C\C/C=C\CC)OC(=O)CCCCCCC/C=C\CCCCCC)OC(=O)CCCCCCCCCCCCC. The molecule has 5 unspecified atom stereocenters. The Balaban J connectivity index is 5.34. The molecular weight excluding hydrogens is 1260 g/mol. The van der Waals surface area contributed by atoms with Gasteiger partial charge in [-0.05, 0) is 122 Å². The molecule has 0 aliphatic carbocycles. The molecule has 0 spiro atoms. The normalized spacial score (nSPS) is 14.5. The molecule has 0 aromatic rings. The number of rotatable bonds is 70. The summed E-state index contributed by atoms with van der Waals surface area (Å²) in [6.45, 7) is 4.57. The van der Waals surface area contributed by atoms with Crippen LogP contribution in [0.3, 0.4) is 0 Å². The Hall–Kier alpha value is -4.02. The summed E-state index contributed by atoms with van der Waals surface area (Å²) in [5.74, 6) is -2.23. The number of esters is 4. The van der Waals surface area contributed by atoms with E-state index < -0.39 is 97.5 Å². The number of ether oxygens (including phenoxy) is 4. The van der Waals surface area contributed by atoms with Crippen molar-refractivity contribution in [3.8, 4) is 0 Å². The van der Waals surface area contributed by atoms with E-state index in [1.54, 1.807) is 0 Å². The van der Waals surface area contributed by atoms with Crippen LogP contribution in [0.1, 0.15) is 310 Å². The molecule has 0 bridgehead atoms. The number of carbonyl (C=O) groups excluding carboxylic acids is 4. The van der Waals surface area contributed by atoms with E-state index in [-0.39, 0.29) is 25.7 Å². The number of aliphatic hydroxyl groups excluding tert-OH is 1. The average molecular weight is 1390 g/mol. The second-order valence-corrected chi connectivity index (χ2v) is 27.7. The topological polar surface area (TPSA) is 237 Å². The first kappa shape index (κ1) is 92.0. The van der Waals surface area contributed by atoms with E-state index in [1.807, 2.05) is 0 Å². The van der Waals surface area contributed by atoms with Gasteiger partial charge in [0.25, 0.3) is 0 Å². The Bertz CT molecular complexity index is 2200. The number of allylic oxidation sites excluding steroid dienone is 16. The van der Waals surface area contributed by atoms with Gasteiger partial charge in [-0.2, -0.15) is 0 Å². The van der Waals surface area contributed by atoms with Gasteiger partial charge in [0.1, 0.15) is 19.3 Å². The summed E-state index contributed by atoms with van der Waals surface area (Å²) in [6, 6.07) is 0. The Kier molecular flexibility index (Phi) is 66.6. The van der Waals surface area contributed by atoms with Gasteiger partial charge in [-0.25, -0.2) is 9.13 Å². The van der Waals surface area contributed by atoms with Crippen LogP contribution in [0.5, 0.6) is 0 Å². The molecule has 0 heterocycles. The molecule has 0 amide bonds. The van der Waals surface area contributed by atoms with Crippen LogP contribution in [0.25, 0.3) is 0 Å². The van der Waals surface area contributed by atoms with Crippen molar-refractivity contribution >= 4 is 39.5 Å². The molecular formula is C77H134O17P2. The van der Waals surface area contributed by atoms with Crippen LogP contribution in [-0.4, -0.2) is 96.7 Å². The van der Waals surface area contributed by atoms with Crippen LogP contribution in [-0.2, 0) is 65.4 Å². The second kappa shape index (κ2) is 69.5. The van der Waals surface area contributed by atoms with Gasteiger partial charge in [0.15, 0.2) is 12.2 Å². The maximum atomic E-state index is 13.1. The molecule has 0 aromatic heterocycles. The van der Waals surface area contributed by atoms with Crippen LogP contribution in [0.4, 0.5) is 0 Å². The second-order valence-electron chi connectivity index (χ2n) is 24.8. The van der Waals surface area contributed by atoms with E-state index in [4.69, 9.17) is 37.0 Å². The first-order valence-electron chi connectivity index (χ1n) is 37.5. The highest BCUT2D eigenvalue weighted by Crippen LogP contribution is 2.45. The highest BCUT2D eigenvalue weighted by atomic mass is 31.2. The lowest BCUT2D eigenvalue weighted by molar-refractivity contribution is -0.161. The molecule has 19 heteroatoms. The van der Waals surface area contributed by atoms with Gasteiger partial charge in [0.2, 0.25) is 0 Å². The Morgan fingerprint density at radius 3 is 0.875 bits per heavy atom. The average Bonchev–Trinajstić information content (AvgIpc) is 1.10. The van der Waals surface area contributed by atoms with Crippen LogP contribution >= 0.6 is 15.6 Å². The molecule has 0 aliphatic rings. The smallest absolute Gasteiger partial charge is 0.462 e. The van der Waals surface area contributed by atoms with E-state index in [0.717, 1.165) is 167 Å². The third-order valence-corrected chi connectivity index (χ3v) is 17.4. The van der Waals surface area contributed by atoms with Crippen molar-refractivity contribution in [1.82, 2.24) is 0 Å². The van der Waals surface area contributed by atoms with Crippen molar-refractivity contribution in [1.29, 1.82) is 0 Å². The van der Waals surface area contributed by atoms with Crippen molar-refractivity contribution in [2.24, 2.45) is 0 Å². The highest BCUT2D eigenvalue weighted by molar-refractivity contribution is 7.47. The molecule has 554 valence electrons. The van der Waals surface area contributed by atoms with Gasteiger partial charge in [0.05, 0.1) is 26.4 Å². The largest absolute Gasteiger partial charge is 0.472 e. The summed E-state index contributed by atoms with van der Waals surface area (Å²) in [5.41, 5.74) is 0. The number of aliphatic hydroxyl groups is 1. The Labute approximate surface area is 582 Å². The highest BCUT2D eigenvalue weighted by Gasteiger charge is 2.30. The third-order valence-electron chi connectivity index (χ3n) is 15.5. The van der Waals surface area contributed by atoms with E-state index >= 15 is 0 Å². The molecule has 0 rings (SSSR count). The number of phosphoric ester groups is 2. The lowest BCUT2D eigenvalue weighted by Crippen LogP contribution is -2.30. The molecule has 5 atom stereocenters. The minimum Gasteiger partial charge on any atom is -0.462 e. The maximum Gasteiger partial charge on any atom is 0.472 e. The molecule has 3 N–H and O–H groups in total. The van der Waals surface area contributed by atoms with Crippen molar-refractivity contribution < 1.29 is 80.2 Å². The summed E-state index contributed by atoms with van der Waals surface area (Å²) < 4.78 is 68.3.